The Morgan fingerprint density at radius 1 is 1.19 bits per heavy atom. The molecule has 140 valence electrons. The number of aliphatic carboxylic acids is 1. The van der Waals surface area contributed by atoms with Crippen molar-refractivity contribution in [3.05, 3.63) is 63.6 Å². The highest BCUT2D eigenvalue weighted by Gasteiger charge is 2.15. The van der Waals surface area contributed by atoms with Crippen molar-refractivity contribution in [1.82, 2.24) is 5.32 Å². The van der Waals surface area contributed by atoms with Crippen LogP contribution in [0.5, 0.6) is 0 Å². The van der Waals surface area contributed by atoms with Crippen LogP contribution in [0.4, 0.5) is 5.69 Å². The van der Waals surface area contributed by atoms with Crippen molar-refractivity contribution in [2.75, 3.05) is 19.0 Å². The molecule has 0 saturated heterocycles. The molecule has 4 nitrogen and oxygen atoms in total. The van der Waals surface area contributed by atoms with Gasteiger partial charge in [0.2, 0.25) is 0 Å². The molecule has 0 heterocycles. The van der Waals surface area contributed by atoms with E-state index in [9.17, 15) is 4.79 Å². The van der Waals surface area contributed by atoms with Crippen molar-refractivity contribution < 1.29 is 9.90 Å². The summed E-state index contributed by atoms with van der Waals surface area (Å²) < 4.78 is 0. The van der Waals surface area contributed by atoms with Crippen molar-refractivity contribution in [3.63, 3.8) is 0 Å². The van der Waals surface area contributed by atoms with Gasteiger partial charge in [-0.15, -0.1) is 0 Å². The molecule has 26 heavy (non-hydrogen) atoms. The van der Waals surface area contributed by atoms with Gasteiger partial charge in [-0.2, -0.15) is 0 Å². The molecular formula is C20H24Cl2N2O2. The summed E-state index contributed by atoms with van der Waals surface area (Å²) in [6, 6.07) is 13.7. The van der Waals surface area contributed by atoms with Crippen molar-refractivity contribution >= 4 is 34.9 Å². The van der Waals surface area contributed by atoms with Crippen LogP contribution >= 0.6 is 23.2 Å². The van der Waals surface area contributed by atoms with Crippen molar-refractivity contribution in [2.24, 2.45) is 0 Å². The van der Waals surface area contributed by atoms with E-state index in [2.05, 4.69) is 17.4 Å². The minimum atomic E-state index is -0.789. The standard InChI is InChI=1S/C20H24Cl2N2O2/c1-24(2)19-12-15(21)11-18(22)17(19)13-23-16(8-9-20(25)26)10-14-6-4-3-5-7-14/h3-7,11-12,16,23H,8-10,13H2,1-2H3,(H,25,26). The van der Waals surface area contributed by atoms with Crippen LogP contribution in [-0.2, 0) is 17.8 Å². The van der Waals surface area contributed by atoms with Crippen LogP contribution in [0.1, 0.15) is 24.0 Å². The number of carboxylic acid groups (broad SMARTS) is 1. The maximum Gasteiger partial charge on any atom is 0.303 e. The first kappa shape index (κ1) is 20.6. The lowest BCUT2D eigenvalue weighted by molar-refractivity contribution is -0.137. The monoisotopic (exact) mass is 394 g/mol. The lowest BCUT2D eigenvalue weighted by Crippen LogP contribution is -2.32. The Balaban J connectivity index is 2.14. The predicted molar refractivity (Wildman–Crippen MR) is 108 cm³/mol. The van der Waals surface area contributed by atoms with E-state index in [-0.39, 0.29) is 12.5 Å². The number of rotatable bonds is 9. The summed E-state index contributed by atoms with van der Waals surface area (Å²) in [6.07, 6.45) is 1.43. The first-order chi connectivity index (χ1) is 12.4. The topological polar surface area (TPSA) is 52.6 Å². The summed E-state index contributed by atoms with van der Waals surface area (Å²) >= 11 is 12.5. The Morgan fingerprint density at radius 3 is 2.50 bits per heavy atom. The van der Waals surface area contributed by atoms with Gasteiger partial charge in [0, 0.05) is 54.4 Å². The first-order valence-corrected chi connectivity index (χ1v) is 9.26. The van der Waals surface area contributed by atoms with E-state index in [1.807, 2.05) is 43.3 Å². The molecule has 2 N–H and O–H groups in total. The molecule has 2 aromatic rings. The normalized spacial score (nSPS) is 12.0. The third-order valence-electron chi connectivity index (χ3n) is 4.22. The van der Waals surface area contributed by atoms with Gasteiger partial charge in [-0.05, 0) is 30.5 Å². The molecule has 0 spiro atoms. The van der Waals surface area contributed by atoms with Gasteiger partial charge in [0.25, 0.3) is 0 Å². The fourth-order valence-electron chi connectivity index (χ4n) is 2.88. The summed E-state index contributed by atoms with van der Waals surface area (Å²) in [4.78, 5) is 13.0. The number of hydrogen-bond donors (Lipinski definition) is 2. The third-order valence-corrected chi connectivity index (χ3v) is 4.77. The molecule has 0 fully saturated rings. The van der Waals surface area contributed by atoms with Crippen LogP contribution in [0.3, 0.4) is 0 Å². The minimum absolute atomic E-state index is 0.0373. The highest BCUT2D eigenvalue weighted by molar-refractivity contribution is 6.35. The Hall–Kier alpha value is -1.75. The average molecular weight is 395 g/mol. The average Bonchev–Trinajstić information content (AvgIpc) is 2.58. The lowest BCUT2D eigenvalue weighted by Gasteiger charge is -2.23. The molecule has 0 aliphatic heterocycles. The van der Waals surface area contributed by atoms with Crippen LogP contribution in [0, 0.1) is 0 Å². The van der Waals surface area contributed by atoms with E-state index >= 15 is 0 Å². The van der Waals surface area contributed by atoms with Crippen LogP contribution in [0.15, 0.2) is 42.5 Å². The molecule has 1 unspecified atom stereocenters. The van der Waals surface area contributed by atoms with Gasteiger partial charge in [-0.1, -0.05) is 53.5 Å². The lowest BCUT2D eigenvalue weighted by atomic mass is 10.0. The number of halogens is 2. The van der Waals surface area contributed by atoms with Gasteiger partial charge in [0.05, 0.1) is 0 Å². The van der Waals surface area contributed by atoms with Crippen LogP contribution in [0.25, 0.3) is 0 Å². The van der Waals surface area contributed by atoms with Crippen LogP contribution in [-0.4, -0.2) is 31.2 Å². The van der Waals surface area contributed by atoms with E-state index in [4.69, 9.17) is 28.3 Å². The van der Waals surface area contributed by atoms with Gasteiger partial charge in [-0.3, -0.25) is 4.79 Å². The molecule has 6 heteroatoms. The number of carbonyl (C=O) groups is 1. The number of nitrogens with zero attached hydrogens (tertiary/aromatic N) is 1. The quantitative estimate of drug-likeness (QED) is 0.650. The molecule has 0 aliphatic carbocycles. The molecule has 1 atom stereocenters. The maximum absolute atomic E-state index is 11.0. The first-order valence-electron chi connectivity index (χ1n) is 8.51. The highest BCUT2D eigenvalue weighted by atomic mass is 35.5. The second-order valence-corrected chi connectivity index (χ2v) is 7.32. The number of anilines is 1. The molecule has 0 radical (unpaired) electrons. The smallest absolute Gasteiger partial charge is 0.303 e. The van der Waals surface area contributed by atoms with Crippen LogP contribution in [0.2, 0.25) is 10.0 Å². The van der Waals surface area contributed by atoms with E-state index in [0.717, 1.165) is 17.7 Å². The van der Waals surface area contributed by atoms with Gasteiger partial charge in [0.1, 0.15) is 0 Å². The molecule has 2 rings (SSSR count). The Labute approximate surface area is 164 Å². The molecular weight excluding hydrogens is 371 g/mol. The number of hydrogen-bond acceptors (Lipinski definition) is 3. The number of nitrogens with one attached hydrogen (secondary N) is 1. The molecule has 0 amide bonds. The molecule has 2 aromatic carbocycles. The molecule has 0 aromatic heterocycles. The SMILES string of the molecule is CN(C)c1cc(Cl)cc(Cl)c1CNC(CCC(=O)O)Cc1ccccc1. The Kier molecular flexibility index (Phi) is 7.76. The van der Waals surface area contributed by atoms with Gasteiger partial charge >= 0.3 is 5.97 Å². The maximum atomic E-state index is 11.0. The fraction of sp³-hybridized carbons (Fsp3) is 0.350. The summed E-state index contributed by atoms with van der Waals surface area (Å²) in [5.41, 5.74) is 3.08. The molecule has 0 bridgehead atoms. The second kappa shape index (κ2) is 9.81. The fourth-order valence-corrected chi connectivity index (χ4v) is 3.43. The summed E-state index contributed by atoms with van der Waals surface area (Å²) in [5, 5.41) is 13.7. The minimum Gasteiger partial charge on any atom is -0.481 e. The van der Waals surface area contributed by atoms with Gasteiger partial charge in [0.15, 0.2) is 0 Å². The van der Waals surface area contributed by atoms with E-state index in [0.29, 0.717) is 23.0 Å². The van der Waals surface area contributed by atoms with Gasteiger partial charge < -0.3 is 15.3 Å². The highest BCUT2D eigenvalue weighted by Crippen LogP contribution is 2.31. The van der Waals surface area contributed by atoms with Crippen LogP contribution < -0.4 is 10.2 Å². The largest absolute Gasteiger partial charge is 0.481 e. The number of carboxylic acids is 1. The zero-order valence-electron chi connectivity index (χ0n) is 15.0. The van der Waals surface area contributed by atoms with E-state index in [1.54, 1.807) is 6.07 Å². The van der Waals surface area contributed by atoms with Crippen molar-refractivity contribution in [2.45, 2.75) is 31.8 Å². The summed E-state index contributed by atoms with van der Waals surface area (Å²) in [6.45, 7) is 0.542. The van der Waals surface area contributed by atoms with E-state index < -0.39 is 5.97 Å². The Morgan fingerprint density at radius 2 is 1.88 bits per heavy atom. The predicted octanol–water partition coefficient (Wildman–Crippen LogP) is 4.63. The zero-order chi connectivity index (χ0) is 19.1. The molecule has 0 saturated carbocycles. The summed E-state index contributed by atoms with van der Waals surface area (Å²) in [5.74, 6) is -0.789. The zero-order valence-corrected chi connectivity index (χ0v) is 16.5. The van der Waals surface area contributed by atoms with Crippen molar-refractivity contribution in [3.8, 4) is 0 Å². The Bertz CT molecular complexity index is 736. The number of benzene rings is 2. The third kappa shape index (κ3) is 6.20. The van der Waals surface area contributed by atoms with E-state index in [1.165, 1.54) is 5.56 Å². The molecule has 0 aliphatic rings. The van der Waals surface area contributed by atoms with Gasteiger partial charge in [-0.25, -0.2) is 0 Å². The summed E-state index contributed by atoms with van der Waals surface area (Å²) in [7, 11) is 3.88. The second-order valence-electron chi connectivity index (χ2n) is 6.48. The van der Waals surface area contributed by atoms with Crippen molar-refractivity contribution in [1.29, 1.82) is 0 Å².